The summed E-state index contributed by atoms with van der Waals surface area (Å²) in [6.07, 6.45) is 5.11. The van der Waals surface area contributed by atoms with E-state index in [-0.39, 0.29) is 6.04 Å². The minimum Gasteiger partial charge on any atom is -0.389 e. The van der Waals surface area contributed by atoms with E-state index in [1.165, 1.54) is 6.26 Å². The second-order valence-corrected chi connectivity index (χ2v) is 9.35. The van der Waals surface area contributed by atoms with Crippen molar-refractivity contribution >= 4 is 9.84 Å². The molecule has 23 heavy (non-hydrogen) atoms. The molecule has 0 amide bonds. The average Bonchev–Trinajstić information content (AvgIpc) is 2.49. The van der Waals surface area contributed by atoms with Crippen molar-refractivity contribution in [2.75, 3.05) is 19.8 Å². The first-order valence-corrected chi connectivity index (χ1v) is 10.2. The Hall–Kier alpha value is -0.910. The lowest BCUT2D eigenvalue weighted by molar-refractivity contribution is -0.0367. The molecule has 1 atom stereocenters. The zero-order chi connectivity index (χ0) is 17.3. The van der Waals surface area contributed by atoms with Crippen molar-refractivity contribution < 1.29 is 13.5 Å². The van der Waals surface area contributed by atoms with Crippen molar-refractivity contribution in [1.82, 2.24) is 4.90 Å². The van der Waals surface area contributed by atoms with Gasteiger partial charge in [0.25, 0.3) is 0 Å². The molecule has 0 saturated heterocycles. The molecular weight excluding hydrogens is 310 g/mol. The van der Waals surface area contributed by atoms with E-state index in [0.717, 1.165) is 31.2 Å². The number of likely N-dealkylation sites (N-methyl/N-ethyl adjacent to an activating group) is 1. The third kappa shape index (κ3) is 4.78. The molecule has 2 rings (SSSR count). The molecule has 1 aliphatic rings. The van der Waals surface area contributed by atoms with Crippen LogP contribution in [0.5, 0.6) is 0 Å². The highest BCUT2D eigenvalue weighted by Crippen LogP contribution is 2.33. The Morgan fingerprint density at radius 2 is 1.78 bits per heavy atom. The van der Waals surface area contributed by atoms with Gasteiger partial charge in [-0.25, -0.2) is 8.42 Å². The highest BCUT2D eigenvalue weighted by atomic mass is 32.2. The van der Waals surface area contributed by atoms with E-state index < -0.39 is 15.4 Å². The molecular formula is C18H29NO3S. The summed E-state index contributed by atoms with van der Waals surface area (Å²) in [5.41, 5.74) is 0.468. The second kappa shape index (κ2) is 6.91. The molecule has 1 N–H and O–H groups in total. The summed E-state index contributed by atoms with van der Waals surface area (Å²) < 4.78 is 23.1. The molecule has 1 aliphatic carbocycles. The van der Waals surface area contributed by atoms with Gasteiger partial charge in [0.05, 0.1) is 10.5 Å². The Morgan fingerprint density at radius 1 is 1.26 bits per heavy atom. The molecule has 0 heterocycles. The molecule has 1 saturated carbocycles. The topological polar surface area (TPSA) is 57.6 Å². The number of sulfone groups is 1. The third-order valence-corrected chi connectivity index (χ3v) is 6.33. The molecule has 4 nitrogen and oxygen atoms in total. The van der Waals surface area contributed by atoms with Crippen LogP contribution in [0.25, 0.3) is 0 Å². The van der Waals surface area contributed by atoms with E-state index in [1.54, 1.807) is 12.1 Å². The monoisotopic (exact) mass is 339 g/mol. The number of rotatable bonds is 5. The molecule has 0 aliphatic heterocycles. The zero-order valence-corrected chi connectivity index (χ0v) is 15.4. The van der Waals surface area contributed by atoms with Gasteiger partial charge in [-0.3, -0.25) is 4.90 Å². The Morgan fingerprint density at radius 3 is 2.26 bits per heavy atom. The Kier molecular flexibility index (Phi) is 5.54. The summed E-state index contributed by atoms with van der Waals surface area (Å²) in [5, 5.41) is 10.8. The number of hydrogen-bond donors (Lipinski definition) is 1. The van der Waals surface area contributed by atoms with Gasteiger partial charge in [-0.1, -0.05) is 19.1 Å². The van der Waals surface area contributed by atoms with Gasteiger partial charge in [-0.2, -0.15) is 0 Å². The van der Waals surface area contributed by atoms with Crippen LogP contribution in [-0.2, 0) is 9.84 Å². The van der Waals surface area contributed by atoms with Crippen molar-refractivity contribution in [1.29, 1.82) is 0 Å². The largest absolute Gasteiger partial charge is 0.389 e. The Balaban J connectivity index is 2.03. The van der Waals surface area contributed by atoms with E-state index >= 15 is 0 Å². The SMILES string of the molecule is CC1CCC(O)(CN(C)C(C)c2ccc(S(C)(=O)=O)cc2)CC1. The summed E-state index contributed by atoms with van der Waals surface area (Å²) >= 11 is 0. The lowest BCUT2D eigenvalue weighted by Crippen LogP contribution is -2.44. The van der Waals surface area contributed by atoms with E-state index in [2.05, 4.69) is 18.7 Å². The minimum atomic E-state index is -3.16. The number of nitrogens with zero attached hydrogens (tertiary/aromatic N) is 1. The molecule has 1 unspecified atom stereocenters. The summed E-state index contributed by atoms with van der Waals surface area (Å²) in [4.78, 5) is 2.50. The standard InChI is InChI=1S/C18H29NO3S/c1-14-9-11-18(20,12-10-14)13-19(3)15(2)16-5-7-17(8-6-16)23(4,21)22/h5-8,14-15,20H,9-13H2,1-4H3. The summed E-state index contributed by atoms with van der Waals surface area (Å²) in [5.74, 6) is 0.710. The van der Waals surface area contributed by atoms with E-state index in [9.17, 15) is 13.5 Å². The third-order valence-electron chi connectivity index (χ3n) is 5.20. The number of benzene rings is 1. The lowest BCUT2D eigenvalue weighted by Gasteiger charge is -2.39. The van der Waals surface area contributed by atoms with Gasteiger partial charge in [-0.05, 0) is 63.3 Å². The lowest BCUT2D eigenvalue weighted by atomic mass is 9.79. The van der Waals surface area contributed by atoms with Crippen LogP contribution in [0.3, 0.4) is 0 Å². The molecule has 0 radical (unpaired) electrons. The molecule has 1 aromatic carbocycles. The van der Waals surface area contributed by atoms with E-state index in [0.29, 0.717) is 17.4 Å². The van der Waals surface area contributed by atoms with Gasteiger partial charge < -0.3 is 5.11 Å². The maximum atomic E-state index is 11.5. The molecule has 0 bridgehead atoms. The smallest absolute Gasteiger partial charge is 0.175 e. The van der Waals surface area contributed by atoms with Crippen molar-refractivity contribution in [3.05, 3.63) is 29.8 Å². The van der Waals surface area contributed by atoms with Crippen LogP contribution in [0.2, 0.25) is 0 Å². The maximum Gasteiger partial charge on any atom is 0.175 e. The number of aliphatic hydroxyl groups is 1. The molecule has 5 heteroatoms. The predicted molar refractivity (Wildman–Crippen MR) is 93.2 cm³/mol. The average molecular weight is 340 g/mol. The molecule has 1 fully saturated rings. The van der Waals surface area contributed by atoms with Crippen LogP contribution < -0.4 is 0 Å². The van der Waals surface area contributed by atoms with Gasteiger partial charge in [0.2, 0.25) is 0 Å². The highest BCUT2D eigenvalue weighted by molar-refractivity contribution is 7.90. The van der Waals surface area contributed by atoms with Crippen LogP contribution >= 0.6 is 0 Å². The molecule has 0 aromatic heterocycles. The molecule has 0 spiro atoms. The first kappa shape index (κ1) is 18.4. The van der Waals surface area contributed by atoms with Crippen LogP contribution in [0.1, 0.15) is 51.1 Å². The van der Waals surface area contributed by atoms with Crippen LogP contribution in [0.4, 0.5) is 0 Å². The van der Waals surface area contributed by atoms with Gasteiger partial charge >= 0.3 is 0 Å². The van der Waals surface area contributed by atoms with Gasteiger partial charge in [0.1, 0.15) is 0 Å². The van der Waals surface area contributed by atoms with Crippen LogP contribution in [-0.4, -0.2) is 43.9 Å². The van der Waals surface area contributed by atoms with Gasteiger partial charge in [-0.15, -0.1) is 0 Å². The van der Waals surface area contributed by atoms with E-state index in [4.69, 9.17) is 0 Å². The van der Waals surface area contributed by atoms with Crippen molar-refractivity contribution in [3.8, 4) is 0 Å². The predicted octanol–water partition coefficient (Wildman–Crippen LogP) is 3.02. The van der Waals surface area contributed by atoms with Crippen molar-refractivity contribution in [3.63, 3.8) is 0 Å². The summed E-state index contributed by atoms with van der Waals surface area (Å²) in [6.45, 7) is 4.98. The second-order valence-electron chi connectivity index (χ2n) is 7.34. The quantitative estimate of drug-likeness (QED) is 0.896. The normalized spacial score (nSPS) is 27.1. The van der Waals surface area contributed by atoms with Crippen molar-refractivity contribution in [2.45, 2.75) is 56.1 Å². The maximum absolute atomic E-state index is 11.5. The molecule has 1 aromatic rings. The molecule has 130 valence electrons. The highest BCUT2D eigenvalue weighted by Gasteiger charge is 2.33. The fourth-order valence-corrected chi connectivity index (χ4v) is 3.94. The van der Waals surface area contributed by atoms with Crippen LogP contribution in [0, 0.1) is 5.92 Å². The Labute approximate surface area is 140 Å². The first-order chi connectivity index (χ1) is 10.6. The fourth-order valence-electron chi connectivity index (χ4n) is 3.31. The van der Waals surface area contributed by atoms with Gasteiger partial charge in [0.15, 0.2) is 9.84 Å². The van der Waals surface area contributed by atoms with Crippen molar-refractivity contribution in [2.24, 2.45) is 5.92 Å². The summed E-state index contributed by atoms with van der Waals surface area (Å²) in [6, 6.07) is 7.18. The number of hydrogen-bond acceptors (Lipinski definition) is 4. The minimum absolute atomic E-state index is 0.131. The van der Waals surface area contributed by atoms with E-state index in [1.807, 2.05) is 19.2 Å². The van der Waals surface area contributed by atoms with Gasteiger partial charge in [0, 0.05) is 18.8 Å². The van der Waals surface area contributed by atoms with Crippen LogP contribution in [0.15, 0.2) is 29.2 Å². The first-order valence-electron chi connectivity index (χ1n) is 8.33. The fraction of sp³-hybridized carbons (Fsp3) is 0.667. The summed E-state index contributed by atoms with van der Waals surface area (Å²) in [7, 11) is -1.14. The Bertz CT molecular complexity index is 616. The zero-order valence-electron chi connectivity index (χ0n) is 14.6.